The second-order valence-corrected chi connectivity index (χ2v) is 11.5. The first-order chi connectivity index (χ1) is 20.3. The van der Waals surface area contributed by atoms with Crippen LogP contribution in [0.15, 0.2) is 0 Å². The highest BCUT2D eigenvalue weighted by molar-refractivity contribution is 5.03. The van der Waals surface area contributed by atoms with Crippen molar-refractivity contribution in [2.75, 3.05) is 39.4 Å². The summed E-state index contributed by atoms with van der Waals surface area (Å²) in [5.41, 5.74) is 29.6. The van der Waals surface area contributed by atoms with Gasteiger partial charge in [-0.05, 0) is 6.42 Å². The van der Waals surface area contributed by atoms with Crippen LogP contribution in [0.2, 0.25) is 0 Å². The summed E-state index contributed by atoms with van der Waals surface area (Å²) in [7, 11) is 0. The predicted molar refractivity (Wildman–Crippen MR) is 148 cm³/mol. The number of aliphatic hydroxyl groups is 8. The molecule has 19 heteroatoms. The summed E-state index contributed by atoms with van der Waals surface area (Å²) in [6.45, 7) is -0.710. The van der Waals surface area contributed by atoms with Crippen molar-refractivity contribution in [3.8, 4) is 0 Å². The van der Waals surface area contributed by atoms with Crippen LogP contribution in [-0.2, 0) is 18.9 Å². The quantitative estimate of drug-likeness (QED) is 0.0847. The molecule has 1 aliphatic carbocycles. The molecule has 3 aliphatic rings. The molecule has 0 aromatic carbocycles. The largest absolute Gasteiger partial charge is 0.395 e. The summed E-state index contributed by atoms with van der Waals surface area (Å²) in [5, 5.41) is 88.1. The van der Waals surface area contributed by atoms with E-state index in [1.807, 2.05) is 0 Å². The van der Waals surface area contributed by atoms with Crippen LogP contribution in [0.4, 0.5) is 0 Å². The Morgan fingerprint density at radius 2 is 1.44 bits per heavy atom. The topological polar surface area (TPSA) is 353 Å². The molecule has 17 atom stereocenters. The average molecular weight is 630 g/mol. The molecule has 19 nitrogen and oxygen atoms in total. The summed E-state index contributed by atoms with van der Waals surface area (Å²) in [6, 6.07) is -4.65. The van der Waals surface area contributed by atoms with E-state index in [1.165, 1.54) is 0 Å². The summed E-state index contributed by atoms with van der Waals surface area (Å²) < 4.78 is 23.4. The van der Waals surface area contributed by atoms with Gasteiger partial charge in [0.2, 0.25) is 0 Å². The molecule has 3 unspecified atom stereocenters. The van der Waals surface area contributed by atoms with E-state index >= 15 is 0 Å². The van der Waals surface area contributed by atoms with Crippen LogP contribution in [-0.4, -0.2) is 184 Å². The smallest absolute Gasteiger partial charge is 0.186 e. The zero-order chi connectivity index (χ0) is 32.0. The van der Waals surface area contributed by atoms with E-state index in [1.54, 1.807) is 0 Å². The van der Waals surface area contributed by atoms with Gasteiger partial charge in [0.1, 0.15) is 54.9 Å². The Hall–Kier alpha value is -0.760. The van der Waals surface area contributed by atoms with Crippen molar-refractivity contribution in [2.24, 2.45) is 28.7 Å². The molecule has 0 amide bonds. The third-order valence-electron chi connectivity index (χ3n) is 8.16. The molecule has 0 radical (unpaired) electrons. The van der Waals surface area contributed by atoms with Crippen molar-refractivity contribution in [2.45, 2.75) is 110 Å². The second kappa shape index (κ2) is 16.7. The molecule has 0 aromatic heterocycles. The molecule has 2 saturated heterocycles. The van der Waals surface area contributed by atoms with Gasteiger partial charge in [-0.25, -0.2) is 0 Å². The monoisotopic (exact) mass is 629 g/mol. The highest BCUT2D eigenvalue weighted by Gasteiger charge is 2.52. The molecule has 3 rings (SSSR count). The Bertz CT molecular complexity index is 827. The van der Waals surface area contributed by atoms with Crippen LogP contribution in [0, 0.1) is 0 Å². The van der Waals surface area contributed by atoms with E-state index in [4.69, 9.17) is 52.7 Å². The van der Waals surface area contributed by atoms with Crippen molar-refractivity contribution in [1.82, 2.24) is 10.6 Å². The lowest BCUT2D eigenvalue weighted by Crippen LogP contribution is -2.70. The zero-order valence-corrected chi connectivity index (χ0v) is 23.9. The molecular weight excluding hydrogens is 578 g/mol. The van der Waals surface area contributed by atoms with E-state index < -0.39 is 110 Å². The van der Waals surface area contributed by atoms with Gasteiger partial charge in [-0.15, -0.1) is 0 Å². The fourth-order valence-electron chi connectivity index (χ4n) is 5.42. The third-order valence-corrected chi connectivity index (χ3v) is 8.16. The van der Waals surface area contributed by atoms with Crippen LogP contribution < -0.4 is 39.3 Å². The molecular formula is C24H51N7O12. The normalized spacial score (nSPS) is 45.6. The van der Waals surface area contributed by atoms with Crippen LogP contribution >= 0.6 is 0 Å². The summed E-state index contributed by atoms with van der Waals surface area (Å²) in [5.74, 6) is 0. The second-order valence-electron chi connectivity index (χ2n) is 11.5. The zero-order valence-electron chi connectivity index (χ0n) is 23.9. The third kappa shape index (κ3) is 8.95. The van der Waals surface area contributed by atoms with Gasteiger partial charge in [0.25, 0.3) is 0 Å². The van der Waals surface area contributed by atoms with Crippen molar-refractivity contribution < 1.29 is 59.8 Å². The number of rotatable bonds is 14. The van der Waals surface area contributed by atoms with Gasteiger partial charge in [-0.2, -0.15) is 0 Å². The van der Waals surface area contributed by atoms with Crippen LogP contribution in [0.1, 0.15) is 6.42 Å². The first kappa shape index (κ1) is 36.7. The van der Waals surface area contributed by atoms with Crippen molar-refractivity contribution >= 4 is 0 Å². The molecule has 43 heavy (non-hydrogen) atoms. The minimum absolute atomic E-state index is 0.00682. The van der Waals surface area contributed by atoms with E-state index in [0.717, 1.165) is 0 Å². The maximum atomic E-state index is 11.5. The summed E-state index contributed by atoms with van der Waals surface area (Å²) in [4.78, 5) is 0. The Morgan fingerprint density at radius 1 is 0.791 bits per heavy atom. The molecule has 1 saturated carbocycles. The number of nitrogens with one attached hydrogen (secondary N) is 2. The van der Waals surface area contributed by atoms with Gasteiger partial charge in [0, 0.05) is 44.3 Å². The lowest BCUT2D eigenvalue weighted by Gasteiger charge is -2.49. The molecule has 0 aromatic rings. The molecule has 0 bridgehead atoms. The van der Waals surface area contributed by atoms with Gasteiger partial charge in [-0.1, -0.05) is 0 Å². The van der Waals surface area contributed by atoms with E-state index in [-0.39, 0.29) is 39.2 Å². The van der Waals surface area contributed by atoms with Gasteiger partial charge in [0.15, 0.2) is 12.6 Å². The van der Waals surface area contributed by atoms with Gasteiger partial charge < -0.3 is 99.1 Å². The molecule has 2 aliphatic heterocycles. The number of hydrogen-bond acceptors (Lipinski definition) is 19. The highest BCUT2D eigenvalue weighted by atomic mass is 16.7. The number of ether oxygens (including phenoxy) is 4. The molecule has 2 heterocycles. The maximum absolute atomic E-state index is 11.5. The Labute approximate surface area is 249 Å². The lowest BCUT2D eigenvalue weighted by atomic mass is 9.83. The molecule has 0 spiro atoms. The van der Waals surface area contributed by atoms with Crippen LogP contribution in [0.25, 0.3) is 0 Å². The molecule has 254 valence electrons. The Morgan fingerprint density at radius 3 is 2.07 bits per heavy atom. The van der Waals surface area contributed by atoms with Crippen molar-refractivity contribution in [3.63, 3.8) is 0 Å². The van der Waals surface area contributed by atoms with Gasteiger partial charge in [-0.3, -0.25) is 0 Å². The number of nitrogens with two attached hydrogens (primary N) is 5. The molecule has 20 N–H and O–H groups in total. The minimum Gasteiger partial charge on any atom is -0.395 e. The standard InChI is InChI=1S/C24H51N7O12/c25-2-9(34)4-31-11-1-10(27)21(20(39)22(11)43-24-19(38)14(28)16(35)13(7-33)41-24)42-23-15(29)18(37)17(36)12(40-23)5-30-3-8(26)6-32/h8-24,30-39H,1-7,25-29H2/t8?,9?,10-,11+,12+,13+,14-,15+,16+,17+,18+,19+,20-,21?,22-,23+,24+/m0/s1. The van der Waals surface area contributed by atoms with Crippen LogP contribution in [0.3, 0.4) is 0 Å². The number of aliphatic hydroxyl groups excluding tert-OH is 8. The summed E-state index contributed by atoms with van der Waals surface area (Å²) in [6.07, 6.45) is -15.6. The fraction of sp³-hybridized carbons (Fsp3) is 1.00. The maximum Gasteiger partial charge on any atom is 0.186 e. The highest BCUT2D eigenvalue weighted by Crippen LogP contribution is 2.31. The molecule has 3 fully saturated rings. The van der Waals surface area contributed by atoms with E-state index in [0.29, 0.717) is 0 Å². The van der Waals surface area contributed by atoms with Gasteiger partial charge in [0.05, 0.1) is 31.4 Å². The average Bonchev–Trinajstić information content (AvgIpc) is 2.99. The van der Waals surface area contributed by atoms with Crippen molar-refractivity contribution in [1.29, 1.82) is 0 Å². The van der Waals surface area contributed by atoms with E-state index in [9.17, 15) is 35.7 Å². The first-order valence-electron chi connectivity index (χ1n) is 14.4. The SMILES string of the molecule is NCC(O)CN[C@@H]1C[C@H](N)C(O[C@H]2O[C@H](CNCC(N)CO)[C@@H](O)[C@H](O)[C@H]2N)[C@H](O)[C@H]1O[C@H]1O[C@H](CO)[C@@H](O)[C@H](N)[C@H]1O. The van der Waals surface area contributed by atoms with E-state index in [2.05, 4.69) is 10.6 Å². The minimum atomic E-state index is -1.55. The Kier molecular flexibility index (Phi) is 14.3. The first-order valence-corrected chi connectivity index (χ1v) is 14.4. The lowest BCUT2D eigenvalue weighted by molar-refractivity contribution is -0.320. The van der Waals surface area contributed by atoms with Crippen LogP contribution in [0.5, 0.6) is 0 Å². The van der Waals surface area contributed by atoms with Crippen molar-refractivity contribution in [3.05, 3.63) is 0 Å². The summed E-state index contributed by atoms with van der Waals surface area (Å²) >= 11 is 0. The number of hydrogen-bond donors (Lipinski definition) is 15. The van der Waals surface area contributed by atoms with Gasteiger partial charge >= 0.3 is 0 Å². The Balaban J connectivity index is 1.78. The predicted octanol–water partition coefficient (Wildman–Crippen LogP) is -9.42. The fourth-order valence-corrected chi connectivity index (χ4v) is 5.42.